The Labute approximate surface area is 111 Å². The molecule has 6 nitrogen and oxygen atoms in total. The molecule has 1 fully saturated rings. The summed E-state index contributed by atoms with van der Waals surface area (Å²) in [6.07, 6.45) is 1.48. The lowest BCUT2D eigenvalue weighted by molar-refractivity contribution is -0.150. The summed E-state index contributed by atoms with van der Waals surface area (Å²) in [6.45, 7) is 0.566. The third kappa shape index (κ3) is 2.65. The summed E-state index contributed by atoms with van der Waals surface area (Å²) < 4.78 is 1.90. The highest BCUT2D eigenvalue weighted by atomic mass is 16.4. The largest absolute Gasteiger partial charge is 0.480 e. The average molecular weight is 268 g/mol. The van der Waals surface area contributed by atoms with Crippen molar-refractivity contribution < 1.29 is 20.1 Å². The Morgan fingerprint density at radius 1 is 1.32 bits per heavy atom. The van der Waals surface area contributed by atoms with Crippen LogP contribution in [-0.2, 0) is 24.6 Å². The number of likely N-dealkylation sites (tertiary alicyclic amines) is 1. The Morgan fingerprint density at radius 3 is 2.32 bits per heavy atom. The van der Waals surface area contributed by atoms with Crippen LogP contribution in [0, 0.1) is 0 Å². The highest BCUT2D eigenvalue weighted by Crippen LogP contribution is 2.27. The summed E-state index contributed by atoms with van der Waals surface area (Å²) in [5.74, 6) is -0.771. The molecule has 1 aromatic heterocycles. The lowest BCUT2D eigenvalue weighted by Gasteiger charge is -2.44. The fourth-order valence-corrected chi connectivity index (χ4v) is 2.70. The van der Waals surface area contributed by atoms with E-state index in [-0.39, 0.29) is 25.3 Å². The van der Waals surface area contributed by atoms with Crippen molar-refractivity contribution >= 4 is 5.97 Å². The van der Waals surface area contributed by atoms with Crippen LogP contribution in [0.2, 0.25) is 0 Å². The number of hydrogen-bond acceptors (Lipinski definition) is 4. The molecule has 0 saturated carbocycles. The Balaban J connectivity index is 1.93. The molecule has 19 heavy (non-hydrogen) atoms. The number of aromatic nitrogens is 1. The number of aliphatic hydroxyl groups is 2. The van der Waals surface area contributed by atoms with Crippen molar-refractivity contribution in [2.75, 3.05) is 7.05 Å². The van der Waals surface area contributed by atoms with E-state index < -0.39 is 5.97 Å². The van der Waals surface area contributed by atoms with E-state index in [0.717, 1.165) is 17.8 Å². The minimum Gasteiger partial charge on any atom is -0.480 e. The Kier molecular flexibility index (Phi) is 4.24. The van der Waals surface area contributed by atoms with Crippen molar-refractivity contribution in [3.05, 3.63) is 23.5 Å². The molecule has 3 N–H and O–H groups in total. The molecule has 0 aliphatic carbocycles. The number of rotatable bonds is 6. The molecule has 0 radical (unpaired) electrons. The smallest absolute Gasteiger partial charge is 0.320 e. The molecule has 1 unspecified atom stereocenters. The van der Waals surface area contributed by atoms with Gasteiger partial charge in [0.2, 0.25) is 0 Å². The van der Waals surface area contributed by atoms with Crippen molar-refractivity contribution in [3.8, 4) is 0 Å². The van der Waals surface area contributed by atoms with E-state index in [9.17, 15) is 15.0 Å². The highest BCUT2D eigenvalue weighted by molar-refractivity contribution is 5.74. The molecular formula is C13H20N2O4. The van der Waals surface area contributed by atoms with Crippen LogP contribution in [0.4, 0.5) is 0 Å². The van der Waals surface area contributed by atoms with Gasteiger partial charge < -0.3 is 19.9 Å². The first-order valence-electron chi connectivity index (χ1n) is 6.42. The number of aliphatic carboxylic acids is 1. The maximum atomic E-state index is 10.9. The Hall–Kier alpha value is -1.37. The van der Waals surface area contributed by atoms with Gasteiger partial charge in [0, 0.05) is 24.0 Å². The number of aliphatic hydroxyl groups excluding tert-OH is 2. The molecule has 1 aliphatic rings. The minimum atomic E-state index is -0.771. The van der Waals surface area contributed by atoms with Crippen LogP contribution in [0.25, 0.3) is 0 Å². The van der Waals surface area contributed by atoms with Crippen molar-refractivity contribution in [1.29, 1.82) is 0 Å². The van der Waals surface area contributed by atoms with Gasteiger partial charge in [0.05, 0.1) is 13.2 Å². The molecule has 1 aromatic rings. The van der Waals surface area contributed by atoms with Gasteiger partial charge in [0.15, 0.2) is 0 Å². The Bertz CT molecular complexity index is 436. The first-order chi connectivity index (χ1) is 9.08. The molecule has 6 heteroatoms. The summed E-state index contributed by atoms with van der Waals surface area (Å²) in [5.41, 5.74) is 1.56. The number of carboxylic acid groups (broad SMARTS) is 1. The molecule has 1 aliphatic heterocycles. The molecule has 0 spiro atoms. The molecule has 0 amide bonds. The second-order valence-electron chi connectivity index (χ2n) is 4.98. The number of hydrogen-bond donors (Lipinski definition) is 3. The summed E-state index contributed by atoms with van der Waals surface area (Å²) in [6, 6.07) is 3.48. The molecule has 0 bridgehead atoms. The quantitative estimate of drug-likeness (QED) is 0.677. The maximum absolute atomic E-state index is 10.9. The number of likely N-dealkylation sites (N-methyl/N-ethyl adjacent to an activating group) is 1. The van der Waals surface area contributed by atoms with Crippen molar-refractivity contribution in [2.24, 2.45) is 0 Å². The van der Waals surface area contributed by atoms with Crippen LogP contribution in [0.3, 0.4) is 0 Å². The van der Waals surface area contributed by atoms with Crippen molar-refractivity contribution in [2.45, 2.75) is 44.7 Å². The van der Waals surface area contributed by atoms with Gasteiger partial charge in [0.25, 0.3) is 0 Å². The van der Waals surface area contributed by atoms with E-state index in [1.807, 2.05) is 16.5 Å². The van der Waals surface area contributed by atoms with Gasteiger partial charge >= 0.3 is 5.97 Å². The fourth-order valence-electron chi connectivity index (χ4n) is 2.70. The normalized spacial score (nSPS) is 23.3. The molecular weight excluding hydrogens is 248 g/mol. The molecule has 2 heterocycles. The van der Waals surface area contributed by atoms with E-state index >= 15 is 0 Å². The molecule has 2 rings (SSSR count). The second kappa shape index (κ2) is 5.73. The van der Waals surface area contributed by atoms with E-state index in [2.05, 4.69) is 0 Å². The maximum Gasteiger partial charge on any atom is 0.320 e. The monoisotopic (exact) mass is 268 g/mol. The van der Waals surface area contributed by atoms with E-state index in [4.69, 9.17) is 5.11 Å². The second-order valence-corrected chi connectivity index (χ2v) is 4.98. The lowest BCUT2D eigenvalue weighted by Crippen LogP contribution is -2.57. The zero-order chi connectivity index (χ0) is 14.0. The predicted octanol–water partition coefficient (Wildman–Crippen LogP) is 0.0201. The van der Waals surface area contributed by atoms with Crippen LogP contribution >= 0.6 is 0 Å². The molecule has 106 valence electrons. The van der Waals surface area contributed by atoms with Crippen LogP contribution < -0.4 is 0 Å². The van der Waals surface area contributed by atoms with Gasteiger partial charge in [-0.05, 0) is 32.0 Å². The van der Waals surface area contributed by atoms with Gasteiger partial charge in [-0.15, -0.1) is 0 Å². The first kappa shape index (κ1) is 14.0. The topological polar surface area (TPSA) is 85.9 Å². The standard InChI is InChI=1S/C13H20N2O4/c1-14-9(6-12(14)13(18)19)4-5-15-10(7-16)2-3-11(15)8-17/h2-3,9,12,16-17H,4-8H2,1H3,(H,18,19)/t9?,12-/m0/s1. The fraction of sp³-hybridized carbons (Fsp3) is 0.615. The summed E-state index contributed by atoms with van der Waals surface area (Å²) in [5, 5.41) is 27.4. The van der Waals surface area contributed by atoms with Crippen molar-refractivity contribution in [3.63, 3.8) is 0 Å². The zero-order valence-corrected chi connectivity index (χ0v) is 11.0. The minimum absolute atomic E-state index is 0.0573. The third-order valence-corrected chi connectivity index (χ3v) is 4.02. The van der Waals surface area contributed by atoms with E-state index in [0.29, 0.717) is 13.0 Å². The van der Waals surface area contributed by atoms with Gasteiger partial charge in [-0.2, -0.15) is 0 Å². The third-order valence-electron chi connectivity index (χ3n) is 4.02. The summed E-state index contributed by atoms with van der Waals surface area (Å²) >= 11 is 0. The van der Waals surface area contributed by atoms with E-state index in [1.54, 1.807) is 12.1 Å². The lowest BCUT2D eigenvalue weighted by atomic mass is 9.91. The van der Waals surface area contributed by atoms with Gasteiger partial charge in [0.1, 0.15) is 6.04 Å². The van der Waals surface area contributed by atoms with Gasteiger partial charge in [-0.25, -0.2) is 0 Å². The predicted molar refractivity (Wildman–Crippen MR) is 68.5 cm³/mol. The number of carboxylic acids is 1. The highest BCUT2D eigenvalue weighted by Gasteiger charge is 2.39. The van der Waals surface area contributed by atoms with Gasteiger partial charge in [-0.3, -0.25) is 9.69 Å². The zero-order valence-electron chi connectivity index (χ0n) is 11.0. The van der Waals surface area contributed by atoms with Gasteiger partial charge in [-0.1, -0.05) is 0 Å². The molecule has 2 atom stereocenters. The van der Waals surface area contributed by atoms with E-state index in [1.165, 1.54) is 0 Å². The van der Waals surface area contributed by atoms with Crippen LogP contribution in [-0.4, -0.2) is 49.9 Å². The summed E-state index contributed by atoms with van der Waals surface area (Å²) in [7, 11) is 1.82. The first-order valence-corrected chi connectivity index (χ1v) is 6.42. The Morgan fingerprint density at radius 2 is 1.89 bits per heavy atom. The molecule has 0 aromatic carbocycles. The van der Waals surface area contributed by atoms with Crippen molar-refractivity contribution in [1.82, 2.24) is 9.47 Å². The number of carbonyl (C=O) groups is 1. The SMILES string of the molecule is CN1C(CCn2c(CO)ccc2CO)C[C@H]1C(=O)O. The molecule has 1 saturated heterocycles. The van der Waals surface area contributed by atoms with Crippen LogP contribution in [0.15, 0.2) is 12.1 Å². The van der Waals surface area contributed by atoms with Crippen LogP contribution in [0.5, 0.6) is 0 Å². The number of nitrogens with zero attached hydrogens (tertiary/aromatic N) is 2. The average Bonchev–Trinajstić information content (AvgIpc) is 2.78. The van der Waals surface area contributed by atoms with Crippen LogP contribution in [0.1, 0.15) is 24.2 Å². The summed E-state index contributed by atoms with van der Waals surface area (Å²) in [4.78, 5) is 12.7.